The zero-order chi connectivity index (χ0) is 13.9. The number of carbonyl (C=O) groups is 1. The van der Waals surface area contributed by atoms with Gasteiger partial charge >= 0.3 is 0 Å². The maximum atomic E-state index is 12.5. The quantitative estimate of drug-likeness (QED) is 0.667. The first-order chi connectivity index (χ1) is 9.75. The third kappa shape index (κ3) is 2.49. The average Bonchev–Trinajstić information content (AvgIpc) is 2.49. The Morgan fingerprint density at radius 2 is 1.90 bits per heavy atom. The van der Waals surface area contributed by atoms with Crippen molar-refractivity contribution in [3.05, 3.63) is 76.5 Å². The maximum absolute atomic E-state index is 12.5. The number of hydrogen-bond donors (Lipinski definition) is 0. The predicted octanol–water partition coefficient (Wildman–Crippen LogP) is 4.42. The lowest BCUT2D eigenvalue weighted by Crippen LogP contribution is -2.05. The summed E-state index contributed by atoms with van der Waals surface area (Å²) in [6.07, 6.45) is 3.88. The molecule has 0 saturated heterocycles. The van der Waals surface area contributed by atoms with Gasteiger partial charge < -0.3 is 0 Å². The van der Waals surface area contributed by atoms with Crippen LogP contribution in [0.25, 0.3) is 10.8 Å². The van der Waals surface area contributed by atoms with E-state index in [0.29, 0.717) is 6.42 Å². The topological polar surface area (TPSA) is 30.0 Å². The number of pyridine rings is 1. The normalized spacial score (nSPS) is 10.7. The van der Waals surface area contributed by atoms with Crippen LogP contribution >= 0.6 is 15.9 Å². The molecule has 0 radical (unpaired) electrons. The number of hydrogen-bond acceptors (Lipinski definition) is 2. The number of Topliss-reactive ketones (excluding diaryl/α,β-unsaturated/α-hetero) is 1. The van der Waals surface area contributed by atoms with Crippen LogP contribution in [0.15, 0.2) is 65.4 Å². The summed E-state index contributed by atoms with van der Waals surface area (Å²) in [4.78, 5) is 16.7. The van der Waals surface area contributed by atoms with Gasteiger partial charge in [0.25, 0.3) is 0 Å². The largest absolute Gasteiger partial charge is 0.294 e. The lowest BCUT2D eigenvalue weighted by molar-refractivity contribution is 0.0994. The van der Waals surface area contributed by atoms with Gasteiger partial charge in [-0.25, -0.2) is 0 Å². The van der Waals surface area contributed by atoms with Crippen LogP contribution in [0, 0.1) is 0 Å². The highest BCUT2D eigenvalue weighted by Gasteiger charge is 2.12. The number of halogens is 1. The van der Waals surface area contributed by atoms with E-state index in [1.54, 1.807) is 12.4 Å². The zero-order valence-corrected chi connectivity index (χ0v) is 12.3. The number of benzene rings is 2. The minimum absolute atomic E-state index is 0.107. The highest BCUT2D eigenvalue weighted by atomic mass is 79.9. The fraction of sp³-hybridized carbons (Fsp3) is 0.0588. The Balaban J connectivity index is 1.99. The van der Waals surface area contributed by atoms with Crippen molar-refractivity contribution in [2.24, 2.45) is 0 Å². The predicted molar refractivity (Wildman–Crippen MR) is 83.9 cm³/mol. The van der Waals surface area contributed by atoms with Crippen LogP contribution < -0.4 is 0 Å². The molecule has 1 aromatic heterocycles. The molecule has 3 aromatic rings. The van der Waals surface area contributed by atoms with E-state index in [-0.39, 0.29) is 5.78 Å². The summed E-state index contributed by atoms with van der Waals surface area (Å²) in [5.74, 6) is 0.107. The number of fused-ring (bicyclic) bond motifs is 1. The Kier molecular flexibility index (Phi) is 3.61. The molecule has 98 valence electrons. The lowest BCUT2D eigenvalue weighted by Gasteiger charge is -2.06. The van der Waals surface area contributed by atoms with E-state index >= 15 is 0 Å². The van der Waals surface area contributed by atoms with Gasteiger partial charge in [-0.3, -0.25) is 9.78 Å². The van der Waals surface area contributed by atoms with Crippen molar-refractivity contribution < 1.29 is 4.79 Å². The minimum Gasteiger partial charge on any atom is -0.294 e. The first-order valence-corrected chi connectivity index (χ1v) is 7.14. The Morgan fingerprint density at radius 3 is 2.75 bits per heavy atom. The molecule has 0 bridgehead atoms. The summed E-state index contributed by atoms with van der Waals surface area (Å²) >= 11 is 3.48. The summed E-state index contributed by atoms with van der Waals surface area (Å²) in [7, 11) is 0. The molecule has 0 spiro atoms. The summed E-state index contributed by atoms with van der Waals surface area (Å²) in [5.41, 5.74) is 1.73. The molecule has 0 saturated carbocycles. The molecule has 0 atom stereocenters. The third-order valence-corrected chi connectivity index (χ3v) is 4.07. The van der Waals surface area contributed by atoms with Gasteiger partial charge in [0.05, 0.1) is 0 Å². The molecule has 2 aromatic carbocycles. The first-order valence-electron chi connectivity index (χ1n) is 6.35. The van der Waals surface area contributed by atoms with E-state index in [1.165, 1.54) is 0 Å². The van der Waals surface area contributed by atoms with E-state index < -0.39 is 0 Å². The van der Waals surface area contributed by atoms with Gasteiger partial charge in [0.15, 0.2) is 5.78 Å². The van der Waals surface area contributed by atoms with E-state index in [0.717, 1.165) is 26.4 Å². The standard InChI is InChI=1S/C17H12BrNO/c18-16-7-2-1-4-13(16)10-17(20)14-6-3-5-12-8-9-19-11-15(12)14/h1-9,11H,10H2. The first kappa shape index (κ1) is 13.0. The van der Waals surface area contributed by atoms with Crippen molar-refractivity contribution in [2.45, 2.75) is 6.42 Å². The molecule has 0 aliphatic carbocycles. The summed E-state index contributed by atoms with van der Waals surface area (Å²) in [6, 6.07) is 15.5. The number of aromatic nitrogens is 1. The highest BCUT2D eigenvalue weighted by Crippen LogP contribution is 2.22. The number of carbonyl (C=O) groups excluding carboxylic acids is 1. The van der Waals surface area contributed by atoms with Crippen molar-refractivity contribution >= 4 is 32.5 Å². The van der Waals surface area contributed by atoms with Crippen molar-refractivity contribution in [2.75, 3.05) is 0 Å². The van der Waals surface area contributed by atoms with E-state index in [4.69, 9.17) is 0 Å². The fourth-order valence-electron chi connectivity index (χ4n) is 2.27. The van der Waals surface area contributed by atoms with Crippen LogP contribution in [0.5, 0.6) is 0 Å². The summed E-state index contributed by atoms with van der Waals surface area (Å²) in [6.45, 7) is 0. The van der Waals surface area contributed by atoms with Crippen LogP contribution in [-0.4, -0.2) is 10.8 Å². The van der Waals surface area contributed by atoms with Gasteiger partial charge in [0.1, 0.15) is 0 Å². The van der Waals surface area contributed by atoms with Gasteiger partial charge in [0, 0.05) is 34.2 Å². The van der Waals surface area contributed by atoms with E-state index in [1.807, 2.05) is 48.5 Å². The molecule has 0 unspecified atom stereocenters. The van der Waals surface area contributed by atoms with Gasteiger partial charge in [0.2, 0.25) is 0 Å². The SMILES string of the molecule is O=C(Cc1ccccc1Br)c1cccc2ccncc12. The van der Waals surface area contributed by atoms with Crippen LogP contribution in [0.1, 0.15) is 15.9 Å². The fourth-order valence-corrected chi connectivity index (χ4v) is 2.69. The Morgan fingerprint density at radius 1 is 1.05 bits per heavy atom. The second kappa shape index (κ2) is 5.55. The highest BCUT2D eigenvalue weighted by molar-refractivity contribution is 9.10. The van der Waals surface area contributed by atoms with Crippen LogP contribution in [0.4, 0.5) is 0 Å². The van der Waals surface area contributed by atoms with E-state index in [2.05, 4.69) is 20.9 Å². The van der Waals surface area contributed by atoms with Crippen LogP contribution in [0.2, 0.25) is 0 Å². The van der Waals surface area contributed by atoms with Crippen LogP contribution in [-0.2, 0) is 6.42 Å². The summed E-state index contributed by atoms with van der Waals surface area (Å²) < 4.78 is 0.965. The molecule has 3 rings (SSSR count). The van der Waals surface area contributed by atoms with Crippen molar-refractivity contribution in [1.82, 2.24) is 4.98 Å². The molecular formula is C17H12BrNO. The lowest BCUT2D eigenvalue weighted by atomic mass is 9.99. The molecule has 1 heterocycles. The molecule has 0 aliphatic rings. The number of nitrogens with zero attached hydrogens (tertiary/aromatic N) is 1. The molecule has 0 amide bonds. The third-order valence-electron chi connectivity index (χ3n) is 3.29. The molecular weight excluding hydrogens is 314 g/mol. The number of rotatable bonds is 3. The molecule has 0 fully saturated rings. The van der Waals surface area contributed by atoms with E-state index in [9.17, 15) is 4.79 Å². The molecule has 3 heteroatoms. The van der Waals surface area contributed by atoms with Gasteiger partial charge in [-0.2, -0.15) is 0 Å². The molecule has 20 heavy (non-hydrogen) atoms. The van der Waals surface area contributed by atoms with Crippen molar-refractivity contribution in [3.63, 3.8) is 0 Å². The van der Waals surface area contributed by atoms with Gasteiger partial charge in [-0.1, -0.05) is 52.3 Å². The second-order valence-corrected chi connectivity index (χ2v) is 5.45. The maximum Gasteiger partial charge on any atom is 0.167 e. The average molecular weight is 326 g/mol. The van der Waals surface area contributed by atoms with Crippen molar-refractivity contribution in [3.8, 4) is 0 Å². The summed E-state index contributed by atoms with van der Waals surface area (Å²) in [5, 5.41) is 1.95. The number of ketones is 1. The minimum atomic E-state index is 0.107. The second-order valence-electron chi connectivity index (χ2n) is 4.59. The monoisotopic (exact) mass is 325 g/mol. The zero-order valence-electron chi connectivity index (χ0n) is 10.7. The Bertz CT molecular complexity index is 777. The Hall–Kier alpha value is -2.00. The molecule has 0 aliphatic heterocycles. The van der Waals surface area contributed by atoms with Gasteiger partial charge in [-0.15, -0.1) is 0 Å². The van der Waals surface area contributed by atoms with Crippen molar-refractivity contribution in [1.29, 1.82) is 0 Å². The Labute approximate surface area is 125 Å². The smallest absolute Gasteiger partial charge is 0.167 e. The molecule has 0 N–H and O–H groups in total. The van der Waals surface area contributed by atoms with Gasteiger partial charge in [-0.05, 0) is 23.1 Å². The molecule has 2 nitrogen and oxygen atoms in total. The van der Waals surface area contributed by atoms with Crippen LogP contribution in [0.3, 0.4) is 0 Å².